The number of likely N-dealkylation sites (N-methyl/N-ethyl adjacent to an activating group) is 1. The summed E-state index contributed by atoms with van der Waals surface area (Å²) in [4.78, 5) is 26.6. The van der Waals surface area contributed by atoms with Gasteiger partial charge in [0.05, 0.1) is 15.6 Å². The molecule has 2 rings (SSSR count). The van der Waals surface area contributed by atoms with Crippen LogP contribution < -0.4 is 5.32 Å². The molecule has 0 bridgehead atoms. The average Bonchev–Trinajstić information content (AvgIpc) is 2.48. The highest BCUT2D eigenvalue weighted by Crippen LogP contribution is 2.37. The summed E-state index contributed by atoms with van der Waals surface area (Å²) >= 11 is 12.2. The zero-order valence-electron chi connectivity index (χ0n) is 13.2. The standard InChI is InChI=1S/C17H20Cl2N2O2/c1-21(2)7-6-20-10-13-15(22)8-11(9-16(13)23)12-4-3-5-14(18)17(12)19/h3-5,10-11,20H,6-9H2,1-2H3. The number of carbonyl (C=O) groups excluding carboxylic acids is 2. The molecule has 0 atom stereocenters. The van der Waals surface area contributed by atoms with Crippen LogP contribution in [0.2, 0.25) is 10.0 Å². The number of halogens is 2. The zero-order valence-corrected chi connectivity index (χ0v) is 14.7. The average molecular weight is 355 g/mol. The van der Waals surface area contributed by atoms with Gasteiger partial charge in [-0.05, 0) is 31.6 Å². The second-order valence-electron chi connectivity index (χ2n) is 5.91. The van der Waals surface area contributed by atoms with Crippen LogP contribution in [0.1, 0.15) is 24.3 Å². The molecule has 0 spiro atoms. The third kappa shape index (κ3) is 4.56. The van der Waals surface area contributed by atoms with E-state index in [-0.39, 0.29) is 35.9 Å². The monoisotopic (exact) mass is 354 g/mol. The summed E-state index contributed by atoms with van der Waals surface area (Å²) in [5.74, 6) is -0.514. The van der Waals surface area contributed by atoms with Gasteiger partial charge in [-0.25, -0.2) is 0 Å². The molecule has 0 radical (unpaired) electrons. The Hall–Kier alpha value is -1.36. The van der Waals surface area contributed by atoms with Crippen molar-refractivity contribution in [3.8, 4) is 0 Å². The van der Waals surface area contributed by atoms with Crippen LogP contribution in [-0.2, 0) is 9.59 Å². The minimum absolute atomic E-state index is 0.153. The number of allylic oxidation sites excluding steroid dienone is 1. The molecule has 0 aromatic heterocycles. The van der Waals surface area contributed by atoms with Crippen molar-refractivity contribution >= 4 is 34.8 Å². The number of hydrogen-bond donors (Lipinski definition) is 1. The van der Waals surface area contributed by atoms with Crippen LogP contribution in [0.5, 0.6) is 0 Å². The molecule has 0 aliphatic heterocycles. The molecule has 0 unspecified atom stereocenters. The Morgan fingerprint density at radius 1 is 1.22 bits per heavy atom. The lowest BCUT2D eigenvalue weighted by Gasteiger charge is -2.23. The maximum atomic E-state index is 12.3. The van der Waals surface area contributed by atoms with E-state index < -0.39 is 0 Å². The van der Waals surface area contributed by atoms with E-state index in [4.69, 9.17) is 23.2 Å². The summed E-state index contributed by atoms with van der Waals surface area (Å²) in [6.07, 6.45) is 2.09. The highest BCUT2D eigenvalue weighted by atomic mass is 35.5. The predicted octanol–water partition coefficient (Wildman–Crippen LogP) is 3.04. The number of Topliss-reactive ketones (excluding diaryl/α,β-unsaturated/α-hetero) is 2. The normalized spacial score (nSPS) is 18.5. The molecule has 6 heteroatoms. The molecule has 1 fully saturated rings. The number of ketones is 2. The summed E-state index contributed by atoms with van der Waals surface area (Å²) in [5, 5.41) is 3.90. The molecule has 0 saturated heterocycles. The van der Waals surface area contributed by atoms with Gasteiger partial charge in [-0.1, -0.05) is 35.3 Å². The summed E-state index contributed by atoms with van der Waals surface area (Å²) in [6.45, 7) is 1.51. The molecule has 0 heterocycles. The van der Waals surface area contributed by atoms with Crippen LogP contribution in [0.15, 0.2) is 30.0 Å². The van der Waals surface area contributed by atoms with E-state index in [1.807, 2.05) is 25.1 Å². The maximum absolute atomic E-state index is 12.3. The Balaban J connectivity index is 2.07. The van der Waals surface area contributed by atoms with Crippen molar-refractivity contribution in [2.24, 2.45) is 0 Å². The van der Waals surface area contributed by atoms with Gasteiger partial charge >= 0.3 is 0 Å². The van der Waals surface area contributed by atoms with Gasteiger partial charge in [0.1, 0.15) is 0 Å². The quantitative estimate of drug-likeness (QED) is 0.501. The van der Waals surface area contributed by atoms with Crippen molar-refractivity contribution in [1.29, 1.82) is 0 Å². The minimum Gasteiger partial charge on any atom is -0.389 e. The molecule has 1 aliphatic carbocycles. The number of rotatable bonds is 5. The molecule has 1 aliphatic rings. The first-order chi connectivity index (χ1) is 10.9. The first-order valence-electron chi connectivity index (χ1n) is 7.48. The van der Waals surface area contributed by atoms with Gasteiger partial charge < -0.3 is 10.2 Å². The molecular weight excluding hydrogens is 335 g/mol. The summed E-state index contributed by atoms with van der Waals surface area (Å²) < 4.78 is 0. The fourth-order valence-corrected chi connectivity index (χ4v) is 3.04. The number of hydrogen-bond acceptors (Lipinski definition) is 4. The molecule has 23 heavy (non-hydrogen) atoms. The Bertz CT molecular complexity index is 621. The number of benzene rings is 1. The van der Waals surface area contributed by atoms with Crippen molar-refractivity contribution in [2.45, 2.75) is 18.8 Å². The summed E-state index contributed by atoms with van der Waals surface area (Å²) in [6, 6.07) is 5.30. The molecule has 1 N–H and O–H groups in total. The van der Waals surface area contributed by atoms with Crippen molar-refractivity contribution in [2.75, 3.05) is 27.2 Å². The van der Waals surface area contributed by atoms with Crippen LogP contribution in [0, 0.1) is 0 Å². The van der Waals surface area contributed by atoms with E-state index >= 15 is 0 Å². The van der Waals surface area contributed by atoms with Gasteiger partial charge in [0.2, 0.25) is 0 Å². The molecule has 1 aromatic carbocycles. The molecule has 1 aromatic rings. The van der Waals surface area contributed by atoms with Gasteiger partial charge in [0, 0.05) is 32.1 Å². The second kappa shape index (κ2) is 7.95. The maximum Gasteiger partial charge on any atom is 0.168 e. The Morgan fingerprint density at radius 2 is 1.87 bits per heavy atom. The molecule has 124 valence electrons. The van der Waals surface area contributed by atoms with E-state index in [0.29, 0.717) is 16.6 Å². The van der Waals surface area contributed by atoms with E-state index in [1.54, 1.807) is 18.3 Å². The highest BCUT2D eigenvalue weighted by molar-refractivity contribution is 6.42. The Kier molecular flexibility index (Phi) is 6.22. The molecule has 4 nitrogen and oxygen atoms in total. The largest absolute Gasteiger partial charge is 0.389 e. The topological polar surface area (TPSA) is 49.4 Å². The fourth-order valence-electron chi connectivity index (χ4n) is 2.57. The van der Waals surface area contributed by atoms with Crippen LogP contribution in [0.25, 0.3) is 0 Å². The molecule has 0 amide bonds. The number of carbonyl (C=O) groups is 2. The summed E-state index contributed by atoms with van der Waals surface area (Å²) in [7, 11) is 3.93. The summed E-state index contributed by atoms with van der Waals surface area (Å²) in [5.41, 5.74) is 1.01. The zero-order chi connectivity index (χ0) is 17.0. The van der Waals surface area contributed by atoms with Gasteiger partial charge in [-0.3, -0.25) is 9.59 Å². The van der Waals surface area contributed by atoms with Crippen molar-refractivity contribution in [3.05, 3.63) is 45.6 Å². The van der Waals surface area contributed by atoms with Crippen LogP contribution >= 0.6 is 23.2 Å². The van der Waals surface area contributed by atoms with Crippen LogP contribution in [0.4, 0.5) is 0 Å². The van der Waals surface area contributed by atoms with Crippen molar-refractivity contribution < 1.29 is 9.59 Å². The first-order valence-corrected chi connectivity index (χ1v) is 8.24. The SMILES string of the molecule is CN(C)CCNC=C1C(=O)CC(c2cccc(Cl)c2Cl)CC1=O. The van der Waals surface area contributed by atoms with Crippen LogP contribution in [-0.4, -0.2) is 43.7 Å². The van der Waals surface area contributed by atoms with E-state index in [9.17, 15) is 9.59 Å². The van der Waals surface area contributed by atoms with Crippen molar-refractivity contribution in [3.63, 3.8) is 0 Å². The number of nitrogens with one attached hydrogen (secondary N) is 1. The Morgan fingerprint density at radius 3 is 2.48 bits per heavy atom. The van der Waals surface area contributed by atoms with Crippen LogP contribution in [0.3, 0.4) is 0 Å². The highest BCUT2D eigenvalue weighted by Gasteiger charge is 2.32. The third-order valence-electron chi connectivity index (χ3n) is 3.84. The third-order valence-corrected chi connectivity index (χ3v) is 4.67. The van der Waals surface area contributed by atoms with E-state index in [2.05, 4.69) is 5.32 Å². The van der Waals surface area contributed by atoms with Gasteiger partial charge in [0.15, 0.2) is 11.6 Å². The Labute approximate surface area is 146 Å². The molecule has 1 saturated carbocycles. The van der Waals surface area contributed by atoms with E-state index in [1.165, 1.54) is 0 Å². The molecular formula is C17H20Cl2N2O2. The lowest BCUT2D eigenvalue weighted by molar-refractivity contribution is -0.124. The number of nitrogens with zero attached hydrogens (tertiary/aromatic N) is 1. The van der Waals surface area contributed by atoms with Gasteiger partial charge in [-0.2, -0.15) is 0 Å². The second-order valence-corrected chi connectivity index (χ2v) is 6.70. The smallest absolute Gasteiger partial charge is 0.168 e. The fraction of sp³-hybridized carbons (Fsp3) is 0.412. The van der Waals surface area contributed by atoms with Crippen molar-refractivity contribution in [1.82, 2.24) is 10.2 Å². The van der Waals surface area contributed by atoms with Gasteiger partial charge in [-0.15, -0.1) is 0 Å². The predicted molar refractivity (Wildman–Crippen MR) is 93.1 cm³/mol. The first kappa shape index (κ1) is 18.0. The lowest BCUT2D eigenvalue weighted by Crippen LogP contribution is -2.28. The van der Waals surface area contributed by atoms with Gasteiger partial charge in [0.25, 0.3) is 0 Å². The van der Waals surface area contributed by atoms with E-state index in [0.717, 1.165) is 12.1 Å². The lowest BCUT2D eigenvalue weighted by atomic mass is 9.80. The minimum atomic E-state index is -0.208.